The average molecular weight is 367 g/mol. The van der Waals surface area contributed by atoms with E-state index in [0.29, 0.717) is 18.7 Å². The van der Waals surface area contributed by atoms with Gasteiger partial charge in [-0.2, -0.15) is 0 Å². The van der Waals surface area contributed by atoms with Crippen LogP contribution in [0.5, 0.6) is 0 Å². The van der Waals surface area contributed by atoms with Crippen molar-refractivity contribution in [1.29, 1.82) is 0 Å². The molecule has 94 valence electrons. The van der Waals surface area contributed by atoms with Crippen molar-refractivity contribution in [3.05, 3.63) is 32.7 Å². The van der Waals surface area contributed by atoms with Crippen molar-refractivity contribution >= 4 is 37.8 Å². The van der Waals surface area contributed by atoms with Gasteiger partial charge in [-0.3, -0.25) is 4.79 Å². The summed E-state index contributed by atoms with van der Waals surface area (Å²) in [6.45, 7) is 1.08. The Morgan fingerprint density at radius 2 is 2.12 bits per heavy atom. The van der Waals surface area contributed by atoms with Gasteiger partial charge in [-0.15, -0.1) is 0 Å². The summed E-state index contributed by atoms with van der Waals surface area (Å²) in [6, 6.07) is 5.40. The van der Waals surface area contributed by atoms with Gasteiger partial charge < -0.3 is 15.2 Å². The lowest BCUT2D eigenvalue weighted by molar-refractivity contribution is 0.0837. The van der Waals surface area contributed by atoms with E-state index in [1.54, 1.807) is 12.1 Å². The minimum absolute atomic E-state index is 0.00880. The van der Waals surface area contributed by atoms with Gasteiger partial charge in [0.15, 0.2) is 0 Å². The van der Waals surface area contributed by atoms with E-state index in [9.17, 15) is 4.79 Å². The molecule has 1 amide bonds. The zero-order valence-corrected chi connectivity index (χ0v) is 12.3. The first-order valence-corrected chi connectivity index (χ1v) is 6.65. The molecule has 0 saturated heterocycles. The van der Waals surface area contributed by atoms with E-state index in [1.165, 1.54) is 0 Å². The van der Waals surface area contributed by atoms with Gasteiger partial charge in [0.25, 0.3) is 5.91 Å². The summed E-state index contributed by atoms with van der Waals surface area (Å²) in [5.74, 6) is -0.161. The quantitative estimate of drug-likeness (QED) is 0.756. The lowest BCUT2D eigenvalue weighted by Gasteiger charge is -2.07. The minimum atomic E-state index is -0.161. The van der Waals surface area contributed by atoms with Crippen molar-refractivity contribution in [1.82, 2.24) is 5.32 Å². The number of nitrogens with one attached hydrogen (secondary N) is 1. The van der Waals surface area contributed by atoms with Crippen LogP contribution in [-0.4, -0.2) is 37.4 Å². The molecule has 0 atom stereocenters. The first-order chi connectivity index (χ1) is 8.15. The van der Waals surface area contributed by atoms with Gasteiger partial charge in [0.2, 0.25) is 0 Å². The van der Waals surface area contributed by atoms with Crippen LogP contribution in [0.25, 0.3) is 0 Å². The molecule has 1 aromatic carbocycles. The largest absolute Gasteiger partial charge is 0.394 e. The maximum atomic E-state index is 11.8. The fourth-order valence-electron chi connectivity index (χ4n) is 1.17. The van der Waals surface area contributed by atoms with Crippen LogP contribution in [0.3, 0.4) is 0 Å². The second-order valence-corrected chi connectivity index (χ2v) is 4.99. The third kappa shape index (κ3) is 5.16. The number of benzene rings is 1. The van der Waals surface area contributed by atoms with Crippen LogP contribution < -0.4 is 5.32 Å². The molecule has 6 heteroatoms. The van der Waals surface area contributed by atoms with E-state index < -0.39 is 0 Å². The molecule has 0 saturated carbocycles. The number of ether oxygens (including phenoxy) is 1. The van der Waals surface area contributed by atoms with Crippen molar-refractivity contribution in [2.24, 2.45) is 0 Å². The van der Waals surface area contributed by atoms with Crippen molar-refractivity contribution < 1.29 is 14.6 Å². The van der Waals surface area contributed by atoms with Gasteiger partial charge in [-0.1, -0.05) is 15.9 Å². The molecule has 0 bridgehead atoms. The molecular weight excluding hydrogens is 354 g/mol. The Hall–Kier alpha value is -0.430. The Bertz CT molecular complexity index is 385. The molecule has 0 aliphatic heterocycles. The normalized spacial score (nSPS) is 10.3. The third-order valence-electron chi connectivity index (χ3n) is 1.94. The van der Waals surface area contributed by atoms with E-state index in [4.69, 9.17) is 9.84 Å². The number of aliphatic hydroxyl groups excluding tert-OH is 1. The minimum Gasteiger partial charge on any atom is -0.394 e. The Morgan fingerprint density at radius 1 is 1.35 bits per heavy atom. The number of hydrogen-bond acceptors (Lipinski definition) is 3. The summed E-state index contributed by atoms with van der Waals surface area (Å²) >= 11 is 6.63. The molecule has 2 N–H and O–H groups in total. The number of carbonyl (C=O) groups excluding carboxylic acids is 1. The van der Waals surface area contributed by atoms with Crippen LogP contribution in [-0.2, 0) is 4.74 Å². The summed E-state index contributed by atoms with van der Waals surface area (Å²) in [5.41, 5.74) is 0.571. The molecule has 0 aliphatic carbocycles. The first-order valence-electron chi connectivity index (χ1n) is 5.07. The molecule has 0 aromatic heterocycles. The Balaban J connectivity index is 2.44. The standard InChI is InChI=1S/C11H13Br2NO3/c12-8-1-2-10(13)9(7-8)11(16)14-3-5-17-6-4-15/h1-2,7,15H,3-6H2,(H,14,16). The topological polar surface area (TPSA) is 58.6 Å². The lowest BCUT2D eigenvalue weighted by Crippen LogP contribution is -2.27. The van der Waals surface area contributed by atoms with Crippen molar-refractivity contribution in [3.8, 4) is 0 Å². The van der Waals surface area contributed by atoms with Crippen LogP contribution in [0.1, 0.15) is 10.4 Å². The molecule has 0 unspecified atom stereocenters. The van der Waals surface area contributed by atoms with Crippen LogP contribution in [0.2, 0.25) is 0 Å². The number of halogens is 2. The Labute approximate surface area is 117 Å². The van der Waals surface area contributed by atoms with Gasteiger partial charge in [-0.05, 0) is 34.1 Å². The maximum absolute atomic E-state index is 11.8. The second kappa shape index (κ2) is 7.81. The fraction of sp³-hybridized carbons (Fsp3) is 0.364. The molecule has 0 spiro atoms. The number of amides is 1. The molecule has 0 radical (unpaired) electrons. The van der Waals surface area contributed by atoms with E-state index in [2.05, 4.69) is 37.2 Å². The first kappa shape index (κ1) is 14.6. The highest BCUT2D eigenvalue weighted by Gasteiger charge is 2.09. The van der Waals surface area contributed by atoms with Gasteiger partial charge in [0.05, 0.1) is 25.4 Å². The van der Waals surface area contributed by atoms with Crippen molar-refractivity contribution in [2.75, 3.05) is 26.4 Å². The van der Waals surface area contributed by atoms with E-state index >= 15 is 0 Å². The number of rotatable bonds is 6. The number of carbonyl (C=O) groups is 1. The van der Waals surface area contributed by atoms with Gasteiger partial charge in [0, 0.05) is 15.5 Å². The monoisotopic (exact) mass is 365 g/mol. The highest BCUT2D eigenvalue weighted by molar-refractivity contribution is 9.11. The highest BCUT2D eigenvalue weighted by Crippen LogP contribution is 2.21. The van der Waals surface area contributed by atoms with Crippen molar-refractivity contribution in [2.45, 2.75) is 0 Å². The molecule has 4 nitrogen and oxygen atoms in total. The lowest BCUT2D eigenvalue weighted by atomic mass is 10.2. The Kier molecular flexibility index (Phi) is 6.72. The van der Waals surface area contributed by atoms with Crippen LogP contribution in [0, 0.1) is 0 Å². The molecular formula is C11H13Br2NO3. The molecule has 0 fully saturated rings. The predicted molar refractivity (Wildman–Crippen MR) is 72.1 cm³/mol. The van der Waals surface area contributed by atoms with E-state index in [1.807, 2.05) is 6.07 Å². The summed E-state index contributed by atoms with van der Waals surface area (Å²) in [6.07, 6.45) is 0. The molecule has 0 heterocycles. The Morgan fingerprint density at radius 3 is 2.82 bits per heavy atom. The predicted octanol–water partition coefficient (Wildman–Crippen LogP) is 1.95. The highest BCUT2D eigenvalue weighted by atomic mass is 79.9. The summed E-state index contributed by atoms with van der Waals surface area (Å²) < 4.78 is 6.63. The van der Waals surface area contributed by atoms with E-state index in [0.717, 1.165) is 8.95 Å². The summed E-state index contributed by atoms with van der Waals surface area (Å²) in [7, 11) is 0. The number of aliphatic hydroxyl groups is 1. The smallest absolute Gasteiger partial charge is 0.252 e. The SMILES string of the molecule is O=C(NCCOCCO)c1cc(Br)ccc1Br. The molecule has 1 rings (SSSR count). The molecule has 0 aliphatic rings. The van der Waals surface area contributed by atoms with Crippen LogP contribution in [0.4, 0.5) is 0 Å². The van der Waals surface area contributed by atoms with Crippen LogP contribution >= 0.6 is 31.9 Å². The zero-order valence-electron chi connectivity index (χ0n) is 9.08. The summed E-state index contributed by atoms with van der Waals surface area (Å²) in [5, 5.41) is 11.2. The van der Waals surface area contributed by atoms with Crippen molar-refractivity contribution in [3.63, 3.8) is 0 Å². The molecule has 17 heavy (non-hydrogen) atoms. The molecule has 1 aromatic rings. The third-order valence-corrected chi connectivity index (χ3v) is 3.13. The van der Waals surface area contributed by atoms with Gasteiger partial charge in [0.1, 0.15) is 0 Å². The maximum Gasteiger partial charge on any atom is 0.252 e. The second-order valence-electron chi connectivity index (χ2n) is 3.22. The van der Waals surface area contributed by atoms with Gasteiger partial charge in [-0.25, -0.2) is 0 Å². The van der Waals surface area contributed by atoms with E-state index in [-0.39, 0.29) is 19.1 Å². The average Bonchev–Trinajstić information content (AvgIpc) is 2.32. The number of hydrogen-bond donors (Lipinski definition) is 2. The summed E-state index contributed by atoms with van der Waals surface area (Å²) in [4.78, 5) is 11.8. The fourth-order valence-corrected chi connectivity index (χ4v) is 1.96. The van der Waals surface area contributed by atoms with Crippen LogP contribution in [0.15, 0.2) is 27.1 Å². The zero-order chi connectivity index (χ0) is 12.7. The van der Waals surface area contributed by atoms with Gasteiger partial charge >= 0.3 is 0 Å².